The van der Waals surface area contributed by atoms with Crippen LogP contribution in [0.1, 0.15) is 43.5 Å². The Hall–Kier alpha value is -1.95. The molecule has 1 aliphatic rings. The lowest BCUT2D eigenvalue weighted by Gasteiger charge is -2.31. The average Bonchev–Trinajstić information content (AvgIpc) is 3.12. The fourth-order valence-corrected chi connectivity index (χ4v) is 4.00. The fraction of sp³-hybridized carbons (Fsp3) is 0.500. The minimum Gasteiger partial charge on any atom is -0.497 e. The van der Waals surface area contributed by atoms with E-state index in [0.29, 0.717) is 12.3 Å². The molecular formula is C18H23N3O2S. The summed E-state index contributed by atoms with van der Waals surface area (Å²) >= 11 is 1.63. The number of hydrogen-bond acceptors (Lipinski definition) is 5. The third-order valence-electron chi connectivity index (χ3n) is 4.36. The number of ether oxygens (including phenoxy) is 1. The highest BCUT2D eigenvalue weighted by Crippen LogP contribution is 2.33. The van der Waals surface area contributed by atoms with Gasteiger partial charge in [0.15, 0.2) is 0 Å². The minimum absolute atomic E-state index is 0.266. The monoisotopic (exact) mass is 345 g/mol. The lowest BCUT2D eigenvalue weighted by molar-refractivity contribution is -0.132. The van der Waals surface area contributed by atoms with Gasteiger partial charge in [-0.3, -0.25) is 4.79 Å². The summed E-state index contributed by atoms with van der Waals surface area (Å²) in [5.41, 5.74) is 1.05. The number of nitrogens with zero attached hydrogens (tertiary/aromatic N) is 3. The number of methoxy groups -OCH3 is 1. The van der Waals surface area contributed by atoms with Crippen molar-refractivity contribution in [2.24, 2.45) is 0 Å². The highest BCUT2D eigenvalue weighted by Gasteiger charge is 2.26. The molecule has 6 heteroatoms. The number of amides is 1. The number of hydrogen-bond donors (Lipinski definition) is 0. The van der Waals surface area contributed by atoms with Crippen molar-refractivity contribution in [3.63, 3.8) is 0 Å². The highest BCUT2D eigenvalue weighted by atomic mass is 32.1. The van der Waals surface area contributed by atoms with Crippen molar-refractivity contribution in [3.05, 3.63) is 29.3 Å². The number of piperidine rings is 1. The first-order chi connectivity index (χ1) is 11.7. The molecule has 2 aromatic rings. The van der Waals surface area contributed by atoms with Crippen LogP contribution >= 0.6 is 11.3 Å². The van der Waals surface area contributed by atoms with Gasteiger partial charge in [0.1, 0.15) is 15.8 Å². The third-order valence-corrected chi connectivity index (χ3v) is 5.50. The van der Waals surface area contributed by atoms with Gasteiger partial charge in [-0.25, -0.2) is 0 Å². The van der Waals surface area contributed by atoms with Crippen molar-refractivity contribution < 1.29 is 9.53 Å². The molecule has 5 nitrogen and oxygen atoms in total. The van der Waals surface area contributed by atoms with Gasteiger partial charge in [0.05, 0.1) is 7.11 Å². The van der Waals surface area contributed by atoms with Crippen LogP contribution in [0.15, 0.2) is 24.3 Å². The van der Waals surface area contributed by atoms with Crippen molar-refractivity contribution in [1.82, 2.24) is 15.1 Å². The van der Waals surface area contributed by atoms with E-state index in [2.05, 4.69) is 10.2 Å². The van der Waals surface area contributed by atoms with Crippen LogP contribution in [0, 0.1) is 0 Å². The Kier molecular flexibility index (Phi) is 5.45. The van der Waals surface area contributed by atoms with Crippen molar-refractivity contribution in [1.29, 1.82) is 0 Å². The normalized spacial score (nSPS) is 17.8. The van der Waals surface area contributed by atoms with Gasteiger partial charge >= 0.3 is 0 Å². The topological polar surface area (TPSA) is 55.3 Å². The van der Waals surface area contributed by atoms with Crippen LogP contribution in [0.25, 0.3) is 10.6 Å². The van der Waals surface area contributed by atoms with Crippen molar-refractivity contribution in [3.8, 4) is 16.3 Å². The summed E-state index contributed by atoms with van der Waals surface area (Å²) in [4.78, 5) is 14.1. The van der Waals surface area contributed by atoms with E-state index in [1.54, 1.807) is 18.4 Å². The Morgan fingerprint density at radius 1 is 1.33 bits per heavy atom. The van der Waals surface area contributed by atoms with E-state index in [4.69, 9.17) is 4.74 Å². The number of carbonyl (C=O) groups excluding carboxylic acids is 1. The molecule has 3 rings (SSSR count). The Balaban J connectivity index is 1.71. The summed E-state index contributed by atoms with van der Waals surface area (Å²) < 4.78 is 5.19. The summed E-state index contributed by atoms with van der Waals surface area (Å²) in [5.74, 6) is 1.41. The minimum atomic E-state index is 0.266. The Morgan fingerprint density at radius 2 is 2.12 bits per heavy atom. The first kappa shape index (κ1) is 16.9. The van der Waals surface area contributed by atoms with Gasteiger partial charge in [-0.1, -0.05) is 18.3 Å². The maximum Gasteiger partial charge on any atom is 0.222 e. The molecule has 1 aliphatic heterocycles. The third kappa shape index (κ3) is 3.75. The maximum absolute atomic E-state index is 12.1. The average molecular weight is 345 g/mol. The Bertz CT molecular complexity index is 684. The zero-order valence-electron chi connectivity index (χ0n) is 14.2. The smallest absolute Gasteiger partial charge is 0.222 e. The molecule has 1 fully saturated rings. The molecule has 0 saturated carbocycles. The molecule has 1 saturated heterocycles. The largest absolute Gasteiger partial charge is 0.497 e. The summed E-state index contributed by atoms with van der Waals surface area (Å²) in [7, 11) is 1.66. The molecule has 1 atom stereocenters. The van der Waals surface area contributed by atoms with E-state index >= 15 is 0 Å². The van der Waals surface area contributed by atoms with E-state index in [0.717, 1.165) is 53.7 Å². The molecule has 1 aromatic carbocycles. The molecule has 0 bridgehead atoms. The summed E-state index contributed by atoms with van der Waals surface area (Å²) in [6, 6.07) is 7.87. The molecule has 0 aliphatic carbocycles. The SMILES string of the molecule is CCCC(=O)N1CCCC(c2nnc(-c3ccc(OC)cc3)s2)C1. The number of aromatic nitrogens is 2. The van der Waals surface area contributed by atoms with Gasteiger partial charge in [-0.15, -0.1) is 10.2 Å². The lowest BCUT2D eigenvalue weighted by Crippen LogP contribution is -2.38. The van der Waals surface area contributed by atoms with Gasteiger partial charge in [-0.2, -0.15) is 0 Å². The number of likely N-dealkylation sites (tertiary alicyclic amines) is 1. The van der Waals surface area contributed by atoms with E-state index in [9.17, 15) is 4.79 Å². The first-order valence-corrected chi connectivity index (χ1v) is 9.28. The number of carbonyl (C=O) groups is 1. The molecule has 0 radical (unpaired) electrons. The number of benzene rings is 1. The fourth-order valence-electron chi connectivity index (χ4n) is 3.03. The van der Waals surface area contributed by atoms with Crippen LogP contribution in [0.5, 0.6) is 5.75 Å². The summed E-state index contributed by atoms with van der Waals surface area (Å²) in [6.45, 7) is 3.70. The van der Waals surface area contributed by atoms with Gasteiger partial charge in [-0.05, 0) is 43.5 Å². The predicted octanol–water partition coefficient (Wildman–Crippen LogP) is 3.72. The highest BCUT2D eigenvalue weighted by molar-refractivity contribution is 7.14. The van der Waals surface area contributed by atoms with E-state index in [1.165, 1.54) is 0 Å². The molecule has 1 aromatic heterocycles. The van der Waals surface area contributed by atoms with Crippen LogP contribution in [0.2, 0.25) is 0 Å². The Labute approximate surface area is 146 Å². The van der Waals surface area contributed by atoms with Crippen molar-refractivity contribution in [2.75, 3.05) is 20.2 Å². The molecule has 24 heavy (non-hydrogen) atoms. The summed E-state index contributed by atoms with van der Waals surface area (Å²) in [6.07, 6.45) is 3.66. The maximum atomic E-state index is 12.1. The zero-order valence-corrected chi connectivity index (χ0v) is 15.0. The quantitative estimate of drug-likeness (QED) is 0.829. The molecule has 1 unspecified atom stereocenters. The molecular weight excluding hydrogens is 322 g/mol. The number of rotatable bonds is 5. The van der Waals surface area contributed by atoms with E-state index in [1.807, 2.05) is 36.1 Å². The second-order valence-electron chi connectivity index (χ2n) is 6.10. The van der Waals surface area contributed by atoms with E-state index in [-0.39, 0.29) is 5.91 Å². The molecule has 1 amide bonds. The lowest BCUT2D eigenvalue weighted by atomic mass is 9.98. The van der Waals surface area contributed by atoms with Crippen molar-refractivity contribution >= 4 is 17.2 Å². The van der Waals surface area contributed by atoms with E-state index < -0.39 is 0 Å². The van der Waals surface area contributed by atoms with Crippen LogP contribution in [0.3, 0.4) is 0 Å². The van der Waals surface area contributed by atoms with Crippen molar-refractivity contribution in [2.45, 2.75) is 38.5 Å². The van der Waals surface area contributed by atoms with Gasteiger partial charge in [0, 0.05) is 31.0 Å². The van der Waals surface area contributed by atoms with Crippen LogP contribution in [0.4, 0.5) is 0 Å². The standard InChI is InChI=1S/C18H23N3O2S/c1-3-5-16(22)21-11-4-6-14(12-21)18-20-19-17(24-18)13-7-9-15(23-2)10-8-13/h7-10,14H,3-6,11-12H2,1-2H3. The molecule has 0 spiro atoms. The van der Waals surface area contributed by atoms with Crippen LogP contribution < -0.4 is 4.74 Å². The van der Waals surface area contributed by atoms with Crippen LogP contribution in [-0.2, 0) is 4.79 Å². The predicted molar refractivity (Wildman–Crippen MR) is 95.4 cm³/mol. The van der Waals surface area contributed by atoms with Gasteiger partial charge < -0.3 is 9.64 Å². The summed E-state index contributed by atoms with van der Waals surface area (Å²) in [5, 5.41) is 10.7. The van der Waals surface area contributed by atoms with Gasteiger partial charge in [0.25, 0.3) is 0 Å². The molecule has 2 heterocycles. The molecule has 128 valence electrons. The Morgan fingerprint density at radius 3 is 2.83 bits per heavy atom. The van der Waals surface area contributed by atoms with Gasteiger partial charge in [0.2, 0.25) is 5.91 Å². The second-order valence-corrected chi connectivity index (χ2v) is 7.11. The van der Waals surface area contributed by atoms with Crippen LogP contribution in [-0.4, -0.2) is 41.2 Å². The first-order valence-electron chi connectivity index (χ1n) is 8.47. The molecule has 0 N–H and O–H groups in total. The second kappa shape index (κ2) is 7.75. The zero-order chi connectivity index (χ0) is 16.9.